The first kappa shape index (κ1) is 17.8. The Labute approximate surface area is 173 Å². The maximum absolute atomic E-state index is 12.9. The van der Waals surface area contributed by atoms with Crippen LogP contribution in [0.15, 0.2) is 97.6 Å². The Kier molecular flexibility index (Phi) is 4.54. The fourth-order valence-corrected chi connectivity index (χ4v) is 3.48. The quantitative estimate of drug-likeness (QED) is 0.327. The van der Waals surface area contributed by atoms with Crippen molar-refractivity contribution in [3.63, 3.8) is 0 Å². The van der Waals surface area contributed by atoms with Crippen LogP contribution in [0, 0.1) is 0 Å². The van der Waals surface area contributed by atoms with Gasteiger partial charge in [0.1, 0.15) is 5.69 Å². The number of hydrogen-bond acceptors (Lipinski definition) is 3. The maximum atomic E-state index is 12.9. The molecule has 0 saturated carbocycles. The highest BCUT2D eigenvalue weighted by Crippen LogP contribution is 2.25. The highest BCUT2D eigenvalue weighted by Gasteiger charge is 2.13. The normalized spacial score (nSPS) is 11.3. The number of carbonyl (C=O) groups excluding carboxylic acids is 1. The summed E-state index contributed by atoms with van der Waals surface area (Å²) < 4.78 is 1.82. The Bertz CT molecular complexity index is 1350. The van der Waals surface area contributed by atoms with Crippen LogP contribution in [0.2, 0.25) is 0 Å². The summed E-state index contributed by atoms with van der Waals surface area (Å²) in [5, 5.41) is 5.67. The minimum absolute atomic E-state index is 0.0583. The van der Waals surface area contributed by atoms with Crippen LogP contribution >= 0.6 is 0 Å². The third-order valence-corrected chi connectivity index (χ3v) is 4.97. The van der Waals surface area contributed by atoms with Gasteiger partial charge >= 0.3 is 0 Å². The number of nitrogens with one attached hydrogen (secondary N) is 1. The number of para-hydroxylation sites is 2. The Balaban J connectivity index is 1.54. The van der Waals surface area contributed by atoms with E-state index in [9.17, 15) is 4.79 Å². The van der Waals surface area contributed by atoms with Crippen molar-refractivity contribution < 1.29 is 4.79 Å². The zero-order valence-corrected chi connectivity index (χ0v) is 16.1. The number of benzene rings is 2. The van der Waals surface area contributed by atoms with Gasteiger partial charge in [-0.2, -0.15) is 5.10 Å². The van der Waals surface area contributed by atoms with Crippen molar-refractivity contribution in [2.75, 3.05) is 0 Å². The highest BCUT2D eigenvalue weighted by atomic mass is 16.1. The van der Waals surface area contributed by atoms with E-state index < -0.39 is 0 Å². The molecule has 0 radical (unpaired) electrons. The van der Waals surface area contributed by atoms with E-state index in [2.05, 4.69) is 9.97 Å². The first-order valence-corrected chi connectivity index (χ1v) is 9.63. The lowest BCUT2D eigenvalue weighted by Gasteiger charge is -1.99. The van der Waals surface area contributed by atoms with Crippen LogP contribution in [-0.4, -0.2) is 25.5 Å². The van der Waals surface area contributed by atoms with Crippen LogP contribution in [0.5, 0.6) is 0 Å². The van der Waals surface area contributed by atoms with Gasteiger partial charge in [-0.05, 0) is 42.5 Å². The van der Waals surface area contributed by atoms with Crippen molar-refractivity contribution in [3.05, 3.63) is 109 Å². The SMILES string of the molecule is O=C(/C=C/c1cn(-c2ccccc2)nc1-c1cccnc1)c1c[nH]c2ccccc12. The van der Waals surface area contributed by atoms with E-state index in [1.54, 1.807) is 24.7 Å². The monoisotopic (exact) mass is 390 g/mol. The fourth-order valence-electron chi connectivity index (χ4n) is 3.48. The van der Waals surface area contributed by atoms with Gasteiger partial charge in [0.15, 0.2) is 5.78 Å². The minimum Gasteiger partial charge on any atom is -0.360 e. The van der Waals surface area contributed by atoms with Gasteiger partial charge in [0.2, 0.25) is 0 Å². The van der Waals surface area contributed by atoms with Crippen LogP contribution in [-0.2, 0) is 0 Å². The average molecular weight is 390 g/mol. The van der Waals surface area contributed by atoms with E-state index in [0.717, 1.165) is 33.4 Å². The lowest BCUT2D eigenvalue weighted by Crippen LogP contribution is -1.94. The fraction of sp³-hybridized carbons (Fsp3) is 0. The number of carbonyl (C=O) groups is 1. The number of rotatable bonds is 5. The standard InChI is InChI=1S/C25H18N4O/c30-24(22-16-27-23-11-5-4-10-21(22)23)13-12-19-17-29(20-8-2-1-3-9-20)28-25(19)18-7-6-14-26-15-18/h1-17,27H/b13-12+. The Morgan fingerprint density at radius 3 is 2.63 bits per heavy atom. The molecule has 1 N–H and O–H groups in total. The predicted molar refractivity (Wildman–Crippen MR) is 118 cm³/mol. The molecule has 0 aliphatic heterocycles. The van der Waals surface area contributed by atoms with E-state index >= 15 is 0 Å². The second-order valence-electron chi connectivity index (χ2n) is 6.90. The molecule has 0 bridgehead atoms. The summed E-state index contributed by atoms with van der Waals surface area (Å²) in [6.45, 7) is 0. The van der Waals surface area contributed by atoms with Crippen LogP contribution in [0.1, 0.15) is 15.9 Å². The molecule has 144 valence electrons. The van der Waals surface area contributed by atoms with Gasteiger partial charge in [-0.25, -0.2) is 4.68 Å². The minimum atomic E-state index is -0.0583. The van der Waals surface area contributed by atoms with Gasteiger partial charge < -0.3 is 4.98 Å². The number of H-pyrrole nitrogens is 1. The molecule has 3 heterocycles. The molecule has 30 heavy (non-hydrogen) atoms. The van der Waals surface area contributed by atoms with Crippen LogP contribution in [0.25, 0.3) is 33.9 Å². The average Bonchev–Trinajstić information content (AvgIpc) is 3.43. The summed E-state index contributed by atoms with van der Waals surface area (Å²) in [6, 6.07) is 21.5. The third-order valence-electron chi connectivity index (χ3n) is 4.97. The summed E-state index contributed by atoms with van der Waals surface area (Å²) in [7, 11) is 0. The molecule has 3 aromatic heterocycles. The molecule has 5 nitrogen and oxygen atoms in total. The Morgan fingerprint density at radius 2 is 1.80 bits per heavy atom. The van der Waals surface area contributed by atoms with Crippen molar-refractivity contribution in [1.82, 2.24) is 19.7 Å². The van der Waals surface area contributed by atoms with E-state index in [1.165, 1.54) is 0 Å². The highest BCUT2D eigenvalue weighted by molar-refractivity contribution is 6.14. The first-order valence-electron chi connectivity index (χ1n) is 9.63. The van der Waals surface area contributed by atoms with E-state index in [1.807, 2.05) is 83.7 Å². The predicted octanol–water partition coefficient (Wildman–Crippen LogP) is 5.31. The van der Waals surface area contributed by atoms with Crippen molar-refractivity contribution in [3.8, 4) is 16.9 Å². The molecule has 0 fully saturated rings. The van der Waals surface area contributed by atoms with Crippen molar-refractivity contribution in [1.29, 1.82) is 0 Å². The van der Waals surface area contributed by atoms with Gasteiger partial charge in [0.25, 0.3) is 0 Å². The van der Waals surface area contributed by atoms with Gasteiger partial charge in [0, 0.05) is 52.4 Å². The lowest BCUT2D eigenvalue weighted by atomic mass is 10.1. The van der Waals surface area contributed by atoms with Gasteiger partial charge in [-0.3, -0.25) is 9.78 Å². The summed E-state index contributed by atoms with van der Waals surface area (Å²) in [5.41, 5.74) is 5.06. The van der Waals surface area contributed by atoms with Gasteiger partial charge in [0.05, 0.1) is 5.69 Å². The number of aromatic amines is 1. The number of aromatic nitrogens is 4. The van der Waals surface area contributed by atoms with E-state index in [4.69, 9.17) is 5.10 Å². The summed E-state index contributed by atoms with van der Waals surface area (Å²) in [4.78, 5) is 20.2. The molecule has 5 rings (SSSR count). The Hall–Kier alpha value is -4.25. The molecule has 0 saturated heterocycles. The van der Waals surface area contributed by atoms with Crippen LogP contribution < -0.4 is 0 Å². The van der Waals surface area contributed by atoms with Crippen molar-refractivity contribution in [2.45, 2.75) is 0 Å². The smallest absolute Gasteiger partial charge is 0.188 e. The maximum Gasteiger partial charge on any atom is 0.188 e. The second-order valence-corrected chi connectivity index (χ2v) is 6.90. The molecule has 0 atom stereocenters. The van der Waals surface area contributed by atoms with Gasteiger partial charge in [-0.15, -0.1) is 0 Å². The number of ketones is 1. The molecule has 0 aliphatic carbocycles. The number of fused-ring (bicyclic) bond motifs is 1. The van der Waals surface area contributed by atoms with Crippen molar-refractivity contribution in [2.24, 2.45) is 0 Å². The van der Waals surface area contributed by atoms with Crippen molar-refractivity contribution >= 4 is 22.8 Å². The van der Waals surface area contributed by atoms with E-state index in [0.29, 0.717) is 5.56 Å². The topological polar surface area (TPSA) is 63.6 Å². The Morgan fingerprint density at radius 1 is 0.967 bits per heavy atom. The third kappa shape index (κ3) is 3.33. The summed E-state index contributed by atoms with van der Waals surface area (Å²) in [6.07, 6.45) is 10.6. The molecular weight excluding hydrogens is 372 g/mol. The summed E-state index contributed by atoms with van der Waals surface area (Å²) in [5.74, 6) is -0.0583. The zero-order chi connectivity index (χ0) is 20.3. The molecular formula is C25H18N4O. The number of hydrogen-bond donors (Lipinski definition) is 1. The largest absolute Gasteiger partial charge is 0.360 e. The summed E-state index contributed by atoms with van der Waals surface area (Å²) >= 11 is 0. The van der Waals surface area contributed by atoms with E-state index in [-0.39, 0.29) is 5.78 Å². The number of pyridine rings is 1. The number of nitrogens with zero attached hydrogens (tertiary/aromatic N) is 3. The lowest BCUT2D eigenvalue weighted by molar-refractivity contribution is 0.104. The molecule has 0 unspecified atom stereocenters. The van der Waals surface area contributed by atoms with Gasteiger partial charge in [-0.1, -0.05) is 36.4 Å². The molecule has 5 heteroatoms. The van der Waals surface area contributed by atoms with Crippen LogP contribution in [0.4, 0.5) is 0 Å². The second kappa shape index (κ2) is 7.64. The molecule has 5 aromatic rings. The molecule has 0 aliphatic rings. The first-order chi connectivity index (χ1) is 14.8. The molecule has 0 amide bonds. The molecule has 2 aromatic carbocycles. The zero-order valence-electron chi connectivity index (χ0n) is 16.1. The molecule has 0 spiro atoms. The number of allylic oxidation sites excluding steroid dienone is 1. The van der Waals surface area contributed by atoms with Crippen LogP contribution in [0.3, 0.4) is 0 Å².